The van der Waals surface area contributed by atoms with Gasteiger partial charge < -0.3 is 0 Å². The Kier molecular flexibility index (Phi) is 6.04. The molecule has 7 heteroatoms. The van der Waals surface area contributed by atoms with Gasteiger partial charge in [0.15, 0.2) is 5.13 Å². The number of rotatable bonds is 6. The molecule has 0 saturated carbocycles. The summed E-state index contributed by atoms with van der Waals surface area (Å²) in [6, 6.07) is 20.8. The van der Waals surface area contributed by atoms with E-state index in [0.29, 0.717) is 10.8 Å². The van der Waals surface area contributed by atoms with E-state index in [1.54, 1.807) is 11.0 Å². The third-order valence-corrected chi connectivity index (χ3v) is 5.77. The lowest BCUT2D eigenvalue weighted by Gasteiger charge is -2.18. The summed E-state index contributed by atoms with van der Waals surface area (Å²) in [5, 5.41) is 6.92. The summed E-state index contributed by atoms with van der Waals surface area (Å²) in [4.78, 5) is 30.9. The molecule has 2 aromatic carbocycles. The third-order valence-electron chi connectivity index (χ3n) is 4.90. The van der Waals surface area contributed by atoms with Crippen molar-refractivity contribution in [2.24, 2.45) is 0 Å². The molecule has 31 heavy (non-hydrogen) atoms. The molecule has 2 aromatic heterocycles. The monoisotopic (exact) mass is 430 g/mol. The van der Waals surface area contributed by atoms with E-state index in [1.165, 1.54) is 34.6 Å². The van der Waals surface area contributed by atoms with Gasteiger partial charge in [0.05, 0.1) is 23.6 Å². The zero-order chi connectivity index (χ0) is 21.8. The number of nitrogens with zero attached hydrogens (tertiary/aromatic N) is 4. The number of anilines is 2. The van der Waals surface area contributed by atoms with E-state index in [4.69, 9.17) is 0 Å². The summed E-state index contributed by atoms with van der Waals surface area (Å²) in [6.45, 7) is 3.84. The van der Waals surface area contributed by atoms with Crippen LogP contribution < -0.4 is 10.5 Å². The molecular formula is C24H22N4O2S. The highest BCUT2D eigenvalue weighted by molar-refractivity contribution is 7.14. The first-order chi connectivity index (χ1) is 15.0. The molecular weight excluding hydrogens is 408 g/mol. The lowest BCUT2D eigenvalue weighted by molar-refractivity contribution is -0.115. The smallest absolute Gasteiger partial charge is 0.267 e. The second-order valence-corrected chi connectivity index (χ2v) is 7.91. The van der Waals surface area contributed by atoms with Gasteiger partial charge in [-0.05, 0) is 30.2 Å². The summed E-state index contributed by atoms with van der Waals surface area (Å²) in [7, 11) is 0. The maximum atomic E-state index is 12.3. The van der Waals surface area contributed by atoms with Crippen LogP contribution in [0.3, 0.4) is 0 Å². The normalized spacial score (nSPS) is 10.8. The highest BCUT2D eigenvalue weighted by Gasteiger charge is 2.18. The van der Waals surface area contributed by atoms with Gasteiger partial charge in [0, 0.05) is 23.9 Å². The maximum absolute atomic E-state index is 12.3. The fourth-order valence-electron chi connectivity index (χ4n) is 3.26. The molecule has 0 aliphatic heterocycles. The molecule has 4 rings (SSSR count). The first-order valence-electron chi connectivity index (χ1n) is 10.0. The predicted molar refractivity (Wildman–Crippen MR) is 124 cm³/mol. The van der Waals surface area contributed by atoms with Gasteiger partial charge in [0.25, 0.3) is 5.56 Å². The Morgan fingerprint density at radius 3 is 2.45 bits per heavy atom. The van der Waals surface area contributed by atoms with E-state index in [2.05, 4.69) is 17.0 Å². The largest absolute Gasteiger partial charge is 0.274 e. The minimum Gasteiger partial charge on any atom is -0.274 e. The van der Waals surface area contributed by atoms with Crippen molar-refractivity contribution in [3.8, 4) is 11.3 Å². The minimum atomic E-state index is -0.201. The SMILES string of the molecule is CCc1ccc(N(C(C)=O)c2nc(Cn3nc(-c4ccccc4)ccc3=O)cs2)cc1. The summed E-state index contributed by atoms with van der Waals surface area (Å²) in [5.74, 6) is -0.119. The van der Waals surface area contributed by atoms with Gasteiger partial charge in [0.1, 0.15) is 0 Å². The van der Waals surface area contributed by atoms with Crippen LogP contribution in [-0.2, 0) is 17.8 Å². The summed E-state index contributed by atoms with van der Waals surface area (Å²) in [5.41, 5.74) is 4.11. The molecule has 0 aliphatic carbocycles. The standard InChI is InChI=1S/C24H22N4O2S/c1-3-18-9-11-21(12-10-18)28(17(2)29)24-25-20(16-31-24)15-27-23(30)14-13-22(26-27)19-7-5-4-6-8-19/h4-14,16H,3,15H2,1-2H3. The molecule has 156 valence electrons. The molecule has 6 nitrogen and oxygen atoms in total. The molecule has 0 fully saturated rings. The Labute approximate surface area is 184 Å². The van der Waals surface area contributed by atoms with E-state index < -0.39 is 0 Å². The molecule has 0 saturated heterocycles. The van der Waals surface area contributed by atoms with Crippen LogP contribution in [0.25, 0.3) is 11.3 Å². The molecule has 4 aromatic rings. The van der Waals surface area contributed by atoms with E-state index in [9.17, 15) is 9.59 Å². The van der Waals surface area contributed by atoms with Gasteiger partial charge in [-0.3, -0.25) is 14.5 Å². The topological polar surface area (TPSA) is 68.1 Å². The van der Waals surface area contributed by atoms with E-state index >= 15 is 0 Å². The zero-order valence-electron chi connectivity index (χ0n) is 17.4. The van der Waals surface area contributed by atoms with Gasteiger partial charge in [-0.15, -0.1) is 11.3 Å². The Bertz CT molecular complexity index is 1250. The molecule has 0 N–H and O–H groups in total. The number of thiazole rings is 1. The Hall–Kier alpha value is -3.58. The summed E-state index contributed by atoms with van der Waals surface area (Å²) >= 11 is 1.37. The number of hydrogen-bond donors (Lipinski definition) is 0. The average Bonchev–Trinajstić information content (AvgIpc) is 3.24. The van der Waals surface area contributed by atoms with Crippen LogP contribution in [0.2, 0.25) is 0 Å². The van der Waals surface area contributed by atoms with Gasteiger partial charge >= 0.3 is 0 Å². The second kappa shape index (κ2) is 9.06. The first kappa shape index (κ1) is 20.7. The number of carbonyl (C=O) groups is 1. The fourth-order valence-corrected chi connectivity index (χ4v) is 4.14. The average molecular weight is 431 g/mol. The Morgan fingerprint density at radius 1 is 1.03 bits per heavy atom. The van der Waals surface area contributed by atoms with Crippen molar-refractivity contribution >= 4 is 28.1 Å². The molecule has 0 radical (unpaired) electrons. The lowest BCUT2D eigenvalue weighted by Crippen LogP contribution is -2.24. The van der Waals surface area contributed by atoms with Crippen molar-refractivity contribution in [2.75, 3.05) is 4.90 Å². The fraction of sp³-hybridized carbons (Fsp3) is 0.167. The number of carbonyl (C=O) groups excluding carboxylic acids is 1. The third kappa shape index (κ3) is 4.62. The summed E-state index contributed by atoms with van der Waals surface area (Å²) in [6.07, 6.45) is 0.936. The van der Waals surface area contributed by atoms with Crippen molar-refractivity contribution < 1.29 is 4.79 Å². The zero-order valence-corrected chi connectivity index (χ0v) is 18.2. The van der Waals surface area contributed by atoms with Gasteiger partial charge in [-0.25, -0.2) is 9.67 Å². The second-order valence-electron chi connectivity index (χ2n) is 7.08. The molecule has 1 amide bonds. The van der Waals surface area contributed by atoms with Gasteiger partial charge in [0.2, 0.25) is 5.91 Å². The van der Waals surface area contributed by atoms with Gasteiger partial charge in [-0.2, -0.15) is 5.10 Å². The molecule has 0 atom stereocenters. The van der Waals surface area contributed by atoms with Crippen molar-refractivity contribution in [1.82, 2.24) is 14.8 Å². The number of amides is 1. The van der Waals surface area contributed by atoms with Crippen molar-refractivity contribution in [2.45, 2.75) is 26.8 Å². The number of hydrogen-bond acceptors (Lipinski definition) is 5. The van der Waals surface area contributed by atoms with Crippen molar-refractivity contribution in [1.29, 1.82) is 0 Å². The number of aromatic nitrogens is 3. The number of benzene rings is 2. The van der Waals surface area contributed by atoms with Crippen LogP contribution in [0.1, 0.15) is 25.1 Å². The number of aryl methyl sites for hydroxylation is 1. The molecule has 2 heterocycles. The molecule has 0 spiro atoms. The van der Waals surface area contributed by atoms with Crippen LogP contribution in [-0.4, -0.2) is 20.7 Å². The highest BCUT2D eigenvalue weighted by Crippen LogP contribution is 2.29. The quantitative estimate of drug-likeness (QED) is 0.446. The maximum Gasteiger partial charge on any atom is 0.267 e. The van der Waals surface area contributed by atoms with E-state index in [-0.39, 0.29) is 18.0 Å². The first-order valence-corrected chi connectivity index (χ1v) is 10.9. The van der Waals surface area contributed by atoms with Crippen molar-refractivity contribution in [3.63, 3.8) is 0 Å². The Balaban J connectivity index is 1.61. The molecule has 0 bridgehead atoms. The van der Waals surface area contributed by atoms with Crippen LogP contribution >= 0.6 is 11.3 Å². The molecule has 0 aliphatic rings. The highest BCUT2D eigenvalue weighted by atomic mass is 32.1. The van der Waals surface area contributed by atoms with Crippen molar-refractivity contribution in [3.05, 3.63) is 93.7 Å². The Morgan fingerprint density at radius 2 is 1.77 bits per heavy atom. The van der Waals surface area contributed by atoms with Crippen LogP contribution in [0.15, 0.2) is 76.9 Å². The van der Waals surface area contributed by atoms with Crippen LogP contribution in [0.5, 0.6) is 0 Å². The molecule has 0 unspecified atom stereocenters. The van der Waals surface area contributed by atoms with E-state index in [1.807, 2.05) is 60.0 Å². The van der Waals surface area contributed by atoms with Crippen LogP contribution in [0, 0.1) is 0 Å². The predicted octanol–water partition coefficient (Wildman–Crippen LogP) is 4.66. The minimum absolute atomic E-state index is 0.119. The van der Waals surface area contributed by atoms with E-state index in [0.717, 1.165) is 23.4 Å². The van der Waals surface area contributed by atoms with Crippen LogP contribution in [0.4, 0.5) is 10.8 Å². The van der Waals surface area contributed by atoms with Gasteiger partial charge in [-0.1, -0.05) is 49.4 Å². The summed E-state index contributed by atoms with van der Waals surface area (Å²) < 4.78 is 1.40. The lowest BCUT2D eigenvalue weighted by atomic mass is 10.1.